The zero-order valence-corrected chi connectivity index (χ0v) is 12.3. The van der Waals surface area contributed by atoms with Crippen LogP contribution in [0.15, 0.2) is 18.2 Å². The van der Waals surface area contributed by atoms with Crippen molar-refractivity contribution < 1.29 is 13.9 Å². The number of nitrogens with two attached hydrogens (primary N) is 1. The SMILES string of the molecule is CCCNC(=O)C1COCCN1Cc1cccc(N)c1F. The zero-order chi connectivity index (χ0) is 15.2. The van der Waals surface area contributed by atoms with Crippen LogP contribution < -0.4 is 11.1 Å². The van der Waals surface area contributed by atoms with Gasteiger partial charge < -0.3 is 15.8 Å². The molecule has 1 atom stereocenters. The molecule has 1 unspecified atom stereocenters. The lowest BCUT2D eigenvalue weighted by Crippen LogP contribution is -2.53. The van der Waals surface area contributed by atoms with Gasteiger partial charge >= 0.3 is 0 Å². The Hall–Kier alpha value is -1.66. The molecule has 2 rings (SSSR count). The number of anilines is 1. The second-order valence-corrected chi connectivity index (χ2v) is 5.17. The highest BCUT2D eigenvalue weighted by molar-refractivity contribution is 5.82. The Labute approximate surface area is 124 Å². The van der Waals surface area contributed by atoms with Crippen molar-refractivity contribution in [2.75, 3.05) is 32.0 Å². The maximum absolute atomic E-state index is 14.0. The van der Waals surface area contributed by atoms with E-state index in [4.69, 9.17) is 10.5 Å². The fourth-order valence-corrected chi connectivity index (χ4v) is 2.38. The average Bonchev–Trinajstić information content (AvgIpc) is 2.50. The van der Waals surface area contributed by atoms with E-state index in [0.717, 1.165) is 6.42 Å². The number of benzene rings is 1. The van der Waals surface area contributed by atoms with E-state index in [2.05, 4.69) is 5.32 Å². The van der Waals surface area contributed by atoms with E-state index in [1.54, 1.807) is 12.1 Å². The molecule has 0 aromatic heterocycles. The molecule has 1 aromatic rings. The molecule has 116 valence electrons. The third-order valence-electron chi connectivity index (χ3n) is 3.57. The number of morpholine rings is 1. The predicted molar refractivity (Wildman–Crippen MR) is 79.1 cm³/mol. The van der Waals surface area contributed by atoms with Gasteiger partial charge in [-0.3, -0.25) is 9.69 Å². The van der Waals surface area contributed by atoms with Crippen molar-refractivity contribution in [3.05, 3.63) is 29.6 Å². The second kappa shape index (κ2) is 7.38. The lowest BCUT2D eigenvalue weighted by molar-refractivity contribution is -0.133. The van der Waals surface area contributed by atoms with Crippen LogP contribution in [-0.2, 0) is 16.1 Å². The van der Waals surface area contributed by atoms with Crippen LogP contribution in [0.2, 0.25) is 0 Å². The number of amides is 1. The van der Waals surface area contributed by atoms with Crippen LogP contribution in [-0.4, -0.2) is 43.2 Å². The summed E-state index contributed by atoms with van der Waals surface area (Å²) in [6, 6.07) is 4.57. The van der Waals surface area contributed by atoms with E-state index < -0.39 is 5.82 Å². The molecule has 0 spiro atoms. The van der Waals surface area contributed by atoms with Crippen molar-refractivity contribution in [1.29, 1.82) is 0 Å². The number of halogens is 1. The molecule has 1 fully saturated rings. The molecule has 0 bridgehead atoms. The summed E-state index contributed by atoms with van der Waals surface area (Å²) in [6.45, 7) is 4.46. The highest BCUT2D eigenvalue weighted by atomic mass is 19.1. The van der Waals surface area contributed by atoms with Crippen molar-refractivity contribution >= 4 is 11.6 Å². The Kier molecular flexibility index (Phi) is 5.52. The molecule has 1 aliphatic heterocycles. The van der Waals surface area contributed by atoms with Crippen LogP contribution in [0.5, 0.6) is 0 Å². The number of nitrogens with one attached hydrogen (secondary N) is 1. The fourth-order valence-electron chi connectivity index (χ4n) is 2.38. The minimum absolute atomic E-state index is 0.0686. The van der Waals surface area contributed by atoms with Gasteiger partial charge in [-0.25, -0.2) is 4.39 Å². The third kappa shape index (κ3) is 3.92. The summed E-state index contributed by atoms with van der Waals surface area (Å²) in [5.74, 6) is -0.474. The minimum Gasteiger partial charge on any atom is -0.396 e. The summed E-state index contributed by atoms with van der Waals surface area (Å²) in [6.07, 6.45) is 0.878. The molecule has 0 saturated carbocycles. The minimum atomic E-state index is -0.406. The van der Waals surface area contributed by atoms with Gasteiger partial charge in [-0.2, -0.15) is 0 Å². The molecule has 1 saturated heterocycles. The smallest absolute Gasteiger partial charge is 0.239 e. The van der Waals surface area contributed by atoms with Gasteiger partial charge in [0.15, 0.2) is 5.82 Å². The molecule has 1 aromatic carbocycles. The number of nitrogens with zero attached hydrogens (tertiary/aromatic N) is 1. The van der Waals surface area contributed by atoms with Gasteiger partial charge in [0.25, 0.3) is 0 Å². The summed E-state index contributed by atoms with van der Waals surface area (Å²) in [7, 11) is 0. The van der Waals surface area contributed by atoms with E-state index in [1.807, 2.05) is 11.8 Å². The topological polar surface area (TPSA) is 67.6 Å². The summed E-state index contributed by atoms with van der Waals surface area (Å²) in [5, 5.41) is 2.86. The number of rotatable bonds is 5. The zero-order valence-electron chi connectivity index (χ0n) is 12.3. The first-order chi connectivity index (χ1) is 10.1. The normalized spacial score (nSPS) is 19.4. The van der Waals surface area contributed by atoms with Gasteiger partial charge in [-0.05, 0) is 12.5 Å². The molecular formula is C15H22FN3O2. The predicted octanol–water partition coefficient (Wildman–Crippen LogP) is 1.13. The lowest BCUT2D eigenvalue weighted by atomic mass is 10.1. The first kappa shape index (κ1) is 15.7. The van der Waals surface area contributed by atoms with Crippen LogP contribution in [0.1, 0.15) is 18.9 Å². The van der Waals surface area contributed by atoms with Crippen LogP contribution in [0.4, 0.5) is 10.1 Å². The maximum atomic E-state index is 14.0. The standard InChI is InChI=1S/C15H22FN3O2/c1-2-6-18-15(20)13-10-21-8-7-19(13)9-11-4-3-5-12(17)14(11)16/h3-5,13H,2,6-10,17H2,1H3,(H,18,20). The molecule has 3 N–H and O–H groups in total. The summed E-state index contributed by atoms with van der Waals surface area (Å²) in [4.78, 5) is 14.1. The number of ether oxygens (including phenoxy) is 1. The number of hydrogen-bond donors (Lipinski definition) is 2. The van der Waals surface area contributed by atoms with Crippen molar-refractivity contribution in [3.8, 4) is 0 Å². The van der Waals surface area contributed by atoms with Gasteiger partial charge in [0.2, 0.25) is 5.91 Å². The Morgan fingerprint density at radius 2 is 2.38 bits per heavy atom. The quantitative estimate of drug-likeness (QED) is 0.799. The molecule has 1 aliphatic rings. The van der Waals surface area contributed by atoms with E-state index in [9.17, 15) is 9.18 Å². The molecule has 0 radical (unpaired) electrons. The van der Waals surface area contributed by atoms with Crippen molar-refractivity contribution in [2.24, 2.45) is 0 Å². The molecule has 1 heterocycles. The van der Waals surface area contributed by atoms with E-state index in [0.29, 0.717) is 38.4 Å². The van der Waals surface area contributed by atoms with Gasteiger partial charge in [-0.15, -0.1) is 0 Å². The number of carbonyl (C=O) groups excluding carboxylic acids is 1. The Balaban J connectivity index is 2.08. The van der Waals surface area contributed by atoms with Crippen molar-refractivity contribution in [1.82, 2.24) is 10.2 Å². The van der Waals surface area contributed by atoms with E-state index in [-0.39, 0.29) is 17.6 Å². The summed E-state index contributed by atoms with van der Waals surface area (Å²) in [5.41, 5.74) is 6.23. The molecular weight excluding hydrogens is 273 g/mol. The van der Waals surface area contributed by atoms with E-state index in [1.165, 1.54) is 6.07 Å². The Bertz CT molecular complexity index is 496. The third-order valence-corrected chi connectivity index (χ3v) is 3.57. The first-order valence-electron chi connectivity index (χ1n) is 7.25. The summed E-state index contributed by atoms with van der Waals surface area (Å²) < 4.78 is 19.4. The average molecular weight is 295 g/mol. The molecule has 0 aliphatic carbocycles. The molecule has 21 heavy (non-hydrogen) atoms. The lowest BCUT2D eigenvalue weighted by Gasteiger charge is -2.34. The van der Waals surface area contributed by atoms with Crippen molar-refractivity contribution in [2.45, 2.75) is 25.9 Å². The fraction of sp³-hybridized carbons (Fsp3) is 0.533. The molecule has 6 heteroatoms. The number of carbonyl (C=O) groups is 1. The largest absolute Gasteiger partial charge is 0.396 e. The highest BCUT2D eigenvalue weighted by Gasteiger charge is 2.29. The Morgan fingerprint density at radius 1 is 1.57 bits per heavy atom. The van der Waals surface area contributed by atoms with Gasteiger partial charge in [0.05, 0.1) is 18.9 Å². The van der Waals surface area contributed by atoms with Gasteiger partial charge in [0.1, 0.15) is 6.04 Å². The van der Waals surface area contributed by atoms with Crippen LogP contribution in [0, 0.1) is 5.82 Å². The van der Waals surface area contributed by atoms with Crippen LogP contribution in [0.3, 0.4) is 0 Å². The maximum Gasteiger partial charge on any atom is 0.239 e. The summed E-state index contributed by atoms with van der Waals surface area (Å²) >= 11 is 0. The number of nitrogen functional groups attached to an aromatic ring is 1. The Morgan fingerprint density at radius 3 is 3.14 bits per heavy atom. The first-order valence-corrected chi connectivity index (χ1v) is 7.25. The monoisotopic (exact) mass is 295 g/mol. The van der Waals surface area contributed by atoms with Crippen LogP contribution >= 0.6 is 0 Å². The second-order valence-electron chi connectivity index (χ2n) is 5.17. The number of hydrogen-bond acceptors (Lipinski definition) is 4. The van der Waals surface area contributed by atoms with E-state index >= 15 is 0 Å². The van der Waals surface area contributed by atoms with Gasteiger partial charge in [0, 0.05) is 25.2 Å². The molecule has 1 amide bonds. The highest BCUT2D eigenvalue weighted by Crippen LogP contribution is 2.19. The molecule has 5 nitrogen and oxygen atoms in total. The van der Waals surface area contributed by atoms with Crippen LogP contribution in [0.25, 0.3) is 0 Å². The van der Waals surface area contributed by atoms with Gasteiger partial charge in [-0.1, -0.05) is 19.1 Å². The van der Waals surface area contributed by atoms with Crippen molar-refractivity contribution in [3.63, 3.8) is 0 Å².